The van der Waals surface area contributed by atoms with Crippen molar-refractivity contribution >= 4 is 42.7 Å². The van der Waals surface area contributed by atoms with Crippen molar-refractivity contribution in [2.75, 3.05) is 0 Å². The average Bonchev–Trinajstić information content (AvgIpc) is 3.61. The third kappa shape index (κ3) is 3.95. The molecule has 0 bridgehead atoms. The van der Waals surface area contributed by atoms with Gasteiger partial charge in [0.15, 0.2) is 5.65 Å². The van der Waals surface area contributed by atoms with Crippen LogP contribution in [0.25, 0.3) is 70.8 Å². The van der Waals surface area contributed by atoms with Gasteiger partial charge >= 0.3 is 0 Å². The molecular formula is C37H25N3S. The predicted octanol–water partition coefficient (Wildman–Crippen LogP) is 10.1. The minimum Gasteiger partial charge on any atom is -0.291 e. The second-order valence-electron chi connectivity index (χ2n) is 10.3. The van der Waals surface area contributed by atoms with E-state index in [2.05, 4.69) is 127 Å². The summed E-state index contributed by atoms with van der Waals surface area (Å²) in [6.07, 6.45) is 0. The number of aryl methyl sites for hydroxylation is 1. The monoisotopic (exact) mass is 543 g/mol. The number of imidazole rings is 1. The van der Waals surface area contributed by atoms with Gasteiger partial charge in [-0.1, -0.05) is 97.1 Å². The molecule has 3 heterocycles. The second kappa shape index (κ2) is 9.54. The summed E-state index contributed by atoms with van der Waals surface area (Å²) in [6.45, 7) is 2.21. The maximum absolute atomic E-state index is 5.22. The number of fused-ring (bicyclic) bond motifs is 4. The Hall–Kier alpha value is -5.06. The highest BCUT2D eigenvalue weighted by atomic mass is 32.1. The van der Waals surface area contributed by atoms with Crippen molar-refractivity contribution in [1.29, 1.82) is 0 Å². The van der Waals surface area contributed by atoms with Crippen molar-refractivity contribution < 1.29 is 0 Å². The van der Waals surface area contributed by atoms with Crippen LogP contribution in [-0.2, 0) is 0 Å². The highest BCUT2D eigenvalue weighted by Gasteiger charge is 2.21. The molecule has 5 aromatic carbocycles. The molecule has 0 saturated heterocycles. The largest absolute Gasteiger partial charge is 0.291 e. The second-order valence-corrected chi connectivity index (χ2v) is 11.4. The minimum atomic E-state index is 0.742. The summed E-state index contributed by atoms with van der Waals surface area (Å²) in [4.78, 5) is 10.3. The molecule has 0 aliphatic heterocycles. The lowest BCUT2D eigenvalue weighted by Crippen LogP contribution is -1.97. The van der Waals surface area contributed by atoms with Gasteiger partial charge in [-0.2, -0.15) is 0 Å². The number of nitrogens with zero attached hydrogens (tertiary/aromatic N) is 3. The van der Waals surface area contributed by atoms with E-state index in [1.165, 1.54) is 36.9 Å². The van der Waals surface area contributed by atoms with E-state index < -0.39 is 0 Å². The maximum atomic E-state index is 5.22. The van der Waals surface area contributed by atoms with Gasteiger partial charge in [-0.3, -0.25) is 4.57 Å². The van der Waals surface area contributed by atoms with Crippen LogP contribution in [0.15, 0.2) is 133 Å². The van der Waals surface area contributed by atoms with Crippen LogP contribution in [0, 0.1) is 6.92 Å². The lowest BCUT2D eigenvalue weighted by atomic mass is 10.0. The van der Waals surface area contributed by atoms with Crippen molar-refractivity contribution in [2.45, 2.75) is 6.92 Å². The molecule has 4 heteroatoms. The lowest BCUT2D eigenvalue weighted by molar-refractivity contribution is 1.11. The van der Waals surface area contributed by atoms with Gasteiger partial charge in [-0.15, -0.1) is 11.3 Å². The molecule has 0 unspecified atom stereocenters. The summed E-state index contributed by atoms with van der Waals surface area (Å²) in [5.41, 5.74) is 9.67. The van der Waals surface area contributed by atoms with Crippen molar-refractivity contribution in [3.05, 3.63) is 139 Å². The summed E-state index contributed by atoms with van der Waals surface area (Å²) in [5.74, 6) is 0.906. The van der Waals surface area contributed by atoms with Crippen LogP contribution in [-0.4, -0.2) is 14.5 Å². The zero-order chi connectivity index (χ0) is 27.3. The molecule has 0 aliphatic rings. The Kier molecular flexibility index (Phi) is 5.54. The molecule has 0 amide bonds. The quantitative estimate of drug-likeness (QED) is 0.221. The molecule has 194 valence electrons. The first-order valence-electron chi connectivity index (χ1n) is 13.8. The fraction of sp³-hybridized carbons (Fsp3) is 0.0270. The molecule has 0 aliphatic carbocycles. The Balaban J connectivity index is 1.39. The molecule has 0 fully saturated rings. The van der Waals surface area contributed by atoms with Gasteiger partial charge in [0.25, 0.3) is 0 Å². The van der Waals surface area contributed by atoms with Crippen LogP contribution < -0.4 is 0 Å². The van der Waals surface area contributed by atoms with Gasteiger partial charge < -0.3 is 0 Å². The third-order valence-electron chi connectivity index (χ3n) is 7.78. The van der Waals surface area contributed by atoms with Crippen molar-refractivity contribution in [3.63, 3.8) is 0 Å². The Morgan fingerprint density at radius 2 is 1.32 bits per heavy atom. The zero-order valence-electron chi connectivity index (χ0n) is 22.5. The number of rotatable bonds is 4. The van der Waals surface area contributed by atoms with Crippen molar-refractivity contribution in [2.24, 2.45) is 0 Å². The van der Waals surface area contributed by atoms with Crippen LogP contribution in [0.2, 0.25) is 0 Å². The average molecular weight is 544 g/mol. The summed E-state index contributed by atoms with van der Waals surface area (Å²) in [6, 6.07) is 46.9. The SMILES string of the molecule is Cc1ccc(-c2nc3nc(-c4ccccc4)ccc3n2-c2ccccc2)c2sc3cc(-c4ccccc4)ccc3c12. The van der Waals surface area contributed by atoms with E-state index in [0.29, 0.717) is 0 Å². The predicted molar refractivity (Wildman–Crippen MR) is 173 cm³/mol. The van der Waals surface area contributed by atoms with Gasteiger partial charge in [0.2, 0.25) is 0 Å². The Labute approximate surface area is 242 Å². The van der Waals surface area contributed by atoms with Crippen molar-refractivity contribution in [1.82, 2.24) is 14.5 Å². The van der Waals surface area contributed by atoms with Gasteiger partial charge in [0, 0.05) is 37.0 Å². The molecular weight excluding hydrogens is 518 g/mol. The van der Waals surface area contributed by atoms with Crippen LogP contribution in [0.3, 0.4) is 0 Å². The van der Waals surface area contributed by atoms with Gasteiger partial charge in [0.1, 0.15) is 5.82 Å². The molecule has 0 spiro atoms. The first-order chi connectivity index (χ1) is 20.2. The van der Waals surface area contributed by atoms with E-state index in [1.54, 1.807) is 0 Å². The van der Waals surface area contributed by atoms with E-state index in [0.717, 1.165) is 39.5 Å². The first kappa shape index (κ1) is 23.8. The fourth-order valence-corrected chi connectivity index (χ4v) is 7.11. The molecule has 3 aromatic heterocycles. The third-order valence-corrected chi connectivity index (χ3v) is 8.97. The summed E-state index contributed by atoms with van der Waals surface area (Å²) < 4.78 is 4.78. The number of benzene rings is 5. The Morgan fingerprint density at radius 3 is 2.07 bits per heavy atom. The number of pyridine rings is 1. The topological polar surface area (TPSA) is 30.7 Å². The lowest BCUT2D eigenvalue weighted by Gasteiger charge is -2.11. The molecule has 0 N–H and O–H groups in total. The van der Waals surface area contributed by atoms with E-state index in [1.807, 2.05) is 29.5 Å². The number of hydrogen-bond acceptors (Lipinski definition) is 3. The van der Waals surface area contributed by atoms with Gasteiger partial charge in [-0.05, 0) is 60.0 Å². The highest BCUT2D eigenvalue weighted by molar-refractivity contribution is 7.26. The number of aromatic nitrogens is 3. The van der Waals surface area contributed by atoms with Crippen LogP contribution in [0.4, 0.5) is 0 Å². The smallest absolute Gasteiger partial charge is 0.179 e. The normalized spacial score (nSPS) is 11.5. The molecule has 8 aromatic rings. The van der Waals surface area contributed by atoms with Gasteiger partial charge in [-0.25, -0.2) is 9.97 Å². The summed E-state index contributed by atoms with van der Waals surface area (Å²) in [7, 11) is 0. The number of para-hydroxylation sites is 1. The number of thiophene rings is 1. The minimum absolute atomic E-state index is 0.742. The Bertz CT molecular complexity index is 2190. The van der Waals surface area contributed by atoms with Crippen molar-refractivity contribution in [3.8, 4) is 39.5 Å². The van der Waals surface area contributed by atoms with E-state index in [4.69, 9.17) is 9.97 Å². The maximum Gasteiger partial charge on any atom is 0.179 e. The summed E-state index contributed by atoms with van der Waals surface area (Å²) in [5, 5.41) is 2.59. The van der Waals surface area contributed by atoms with E-state index in [9.17, 15) is 0 Å². The Morgan fingerprint density at radius 1 is 0.610 bits per heavy atom. The molecule has 41 heavy (non-hydrogen) atoms. The zero-order valence-corrected chi connectivity index (χ0v) is 23.3. The molecule has 0 saturated carbocycles. The molecule has 8 rings (SSSR count). The number of hydrogen-bond donors (Lipinski definition) is 0. The van der Waals surface area contributed by atoms with Gasteiger partial charge in [0.05, 0.1) is 11.2 Å². The van der Waals surface area contributed by atoms with E-state index >= 15 is 0 Å². The van der Waals surface area contributed by atoms with Crippen LogP contribution in [0.5, 0.6) is 0 Å². The van der Waals surface area contributed by atoms with Crippen LogP contribution in [0.1, 0.15) is 5.56 Å². The first-order valence-corrected chi connectivity index (χ1v) is 14.6. The highest BCUT2D eigenvalue weighted by Crippen LogP contribution is 2.43. The standard InChI is InChI=1S/C37H25N3S/c1-24-17-19-30(35-34(24)29-20-18-27(23-33(29)41-35)25-11-5-2-6-12-25)37-39-36-32(40(37)28-15-9-4-10-16-28)22-21-31(38-36)26-13-7-3-8-14-26/h2-23H,1H3. The molecule has 0 atom stereocenters. The van der Waals surface area contributed by atoms with E-state index in [-0.39, 0.29) is 0 Å². The molecule has 0 radical (unpaired) electrons. The molecule has 3 nitrogen and oxygen atoms in total. The fourth-order valence-electron chi connectivity index (χ4n) is 5.78. The van der Waals surface area contributed by atoms with Crippen LogP contribution >= 0.6 is 11.3 Å². The summed E-state index contributed by atoms with van der Waals surface area (Å²) >= 11 is 1.85.